The second-order valence-corrected chi connectivity index (χ2v) is 7.76. The molecule has 5 rings (SSSR count). The molecular weight excluding hydrogens is 412 g/mol. The second kappa shape index (κ2) is 9.53. The van der Waals surface area contributed by atoms with Gasteiger partial charge in [-0.3, -0.25) is 4.68 Å². The molecule has 0 amide bonds. The topological polar surface area (TPSA) is 66.0 Å². The number of benzene rings is 2. The molecule has 5 aromatic rings. The molecule has 6 heteroatoms. The van der Waals surface area contributed by atoms with Crippen LogP contribution in [0.5, 0.6) is 5.88 Å². The van der Waals surface area contributed by atoms with Crippen molar-refractivity contribution in [2.24, 2.45) is 0 Å². The third-order valence-electron chi connectivity index (χ3n) is 5.35. The van der Waals surface area contributed by atoms with Gasteiger partial charge in [0.05, 0.1) is 24.5 Å². The van der Waals surface area contributed by atoms with Crippen LogP contribution in [0.2, 0.25) is 0 Å². The fourth-order valence-corrected chi connectivity index (χ4v) is 3.61. The van der Waals surface area contributed by atoms with Gasteiger partial charge >= 0.3 is 0 Å². The van der Waals surface area contributed by atoms with E-state index >= 15 is 0 Å². The van der Waals surface area contributed by atoms with Gasteiger partial charge in [-0.1, -0.05) is 54.6 Å². The van der Waals surface area contributed by atoms with E-state index in [0.717, 1.165) is 33.8 Å². The Hall–Kier alpha value is -4.19. The summed E-state index contributed by atoms with van der Waals surface area (Å²) in [5, 5.41) is 4.66. The molecular formula is C27H24N4O2. The monoisotopic (exact) mass is 436 g/mol. The van der Waals surface area contributed by atoms with Gasteiger partial charge < -0.3 is 9.15 Å². The van der Waals surface area contributed by atoms with Crippen LogP contribution in [0.4, 0.5) is 0 Å². The smallest absolute Gasteiger partial charge is 0.226 e. The Bertz CT molecular complexity index is 1310. The van der Waals surface area contributed by atoms with E-state index in [4.69, 9.17) is 9.15 Å². The van der Waals surface area contributed by atoms with Crippen molar-refractivity contribution in [1.82, 2.24) is 19.7 Å². The van der Waals surface area contributed by atoms with Crippen LogP contribution in [0.25, 0.3) is 22.7 Å². The molecule has 0 aliphatic rings. The Morgan fingerprint density at radius 2 is 1.64 bits per heavy atom. The van der Waals surface area contributed by atoms with Crippen molar-refractivity contribution < 1.29 is 9.15 Å². The minimum atomic E-state index is 0.480. The van der Waals surface area contributed by atoms with E-state index in [1.807, 2.05) is 90.7 Å². The molecule has 0 bridgehead atoms. The van der Waals surface area contributed by atoms with Crippen LogP contribution in [0.3, 0.4) is 0 Å². The van der Waals surface area contributed by atoms with Crippen LogP contribution in [0, 0.1) is 6.92 Å². The summed E-state index contributed by atoms with van der Waals surface area (Å²) in [6, 6.07) is 26.0. The molecule has 164 valence electrons. The molecule has 0 aliphatic carbocycles. The fourth-order valence-electron chi connectivity index (χ4n) is 3.61. The maximum Gasteiger partial charge on any atom is 0.226 e. The van der Waals surface area contributed by atoms with Gasteiger partial charge in [-0.2, -0.15) is 5.10 Å². The average molecular weight is 437 g/mol. The molecule has 3 heterocycles. The Morgan fingerprint density at radius 3 is 2.36 bits per heavy atom. The summed E-state index contributed by atoms with van der Waals surface area (Å²) >= 11 is 0. The van der Waals surface area contributed by atoms with Gasteiger partial charge in [0, 0.05) is 36.0 Å². The SMILES string of the molecule is Cc1oc(-c2ccccc2)nc1CCOc1ccc(Cn2ccc(-c3ccccc3)n2)cn1. The van der Waals surface area contributed by atoms with Crippen molar-refractivity contribution in [2.45, 2.75) is 19.9 Å². The largest absolute Gasteiger partial charge is 0.477 e. The minimum Gasteiger partial charge on any atom is -0.477 e. The molecule has 0 radical (unpaired) electrons. The van der Waals surface area contributed by atoms with Crippen molar-refractivity contribution in [1.29, 1.82) is 0 Å². The molecule has 0 N–H and O–H groups in total. The first-order valence-electron chi connectivity index (χ1n) is 10.9. The van der Waals surface area contributed by atoms with Gasteiger partial charge in [-0.25, -0.2) is 9.97 Å². The standard InChI is InChI=1S/C27H24N4O2/c1-20-24(29-27(33-20)23-10-6-3-7-11-23)15-17-32-26-13-12-21(18-28-26)19-31-16-14-25(30-31)22-8-4-2-5-9-22/h2-14,16,18H,15,17,19H2,1H3. The van der Waals surface area contributed by atoms with E-state index in [9.17, 15) is 0 Å². The fraction of sp³-hybridized carbons (Fsp3) is 0.148. The van der Waals surface area contributed by atoms with Gasteiger partial charge in [0.1, 0.15) is 5.76 Å². The summed E-state index contributed by atoms with van der Waals surface area (Å²) in [4.78, 5) is 9.06. The molecule has 3 aromatic heterocycles. The summed E-state index contributed by atoms with van der Waals surface area (Å²) in [6.45, 7) is 3.06. The predicted molar refractivity (Wildman–Crippen MR) is 127 cm³/mol. The van der Waals surface area contributed by atoms with Crippen molar-refractivity contribution >= 4 is 0 Å². The quantitative estimate of drug-likeness (QED) is 0.318. The lowest BCUT2D eigenvalue weighted by molar-refractivity contribution is 0.307. The lowest BCUT2D eigenvalue weighted by Gasteiger charge is -2.06. The van der Waals surface area contributed by atoms with Crippen molar-refractivity contribution in [3.8, 4) is 28.6 Å². The molecule has 0 fully saturated rings. The number of aromatic nitrogens is 4. The number of nitrogens with zero attached hydrogens (tertiary/aromatic N) is 4. The first kappa shape index (κ1) is 20.7. The van der Waals surface area contributed by atoms with Gasteiger partial charge in [0.25, 0.3) is 0 Å². The number of hydrogen-bond acceptors (Lipinski definition) is 5. The normalized spacial score (nSPS) is 10.9. The van der Waals surface area contributed by atoms with E-state index in [1.165, 1.54) is 0 Å². The van der Waals surface area contributed by atoms with Gasteiger partial charge in [-0.15, -0.1) is 0 Å². The summed E-state index contributed by atoms with van der Waals surface area (Å²) in [6.07, 6.45) is 4.46. The number of rotatable bonds is 8. The highest BCUT2D eigenvalue weighted by Crippen LogP contribution is 2.22. The summed E-state index contributed by atoms with van der Waals surface area (Å²) in [7, 11) is 0. The average Bonchev–Trinajstić information content (AvgIpc) is 3.48. The maximum atomic E-state index is 5.83. The molecule has 0 saturated heterocycles. The third-order valence-corrected chi connectivity index (χ3v) is 5.35. The molecule has 0 saturated carbocycles. The van der Waals surface area contributed by atoms with E-state index in [0.29, 0.717) is 31.3 Å². The van der Waals surface area contributed by atoms with E-state index < -0.39 is 0 Å². The van der Waals surface area contributed by atoms with Crippen molar-refractivity contribution in [2.75, 3.05) is 6.61 Å². The molecule has 0 unspecified atom stereocenters. The van der Waals surface area contributed by atoms with E-state index in [2.05, 4.69) is 27.2 Å². The van der Waals surface area contributed by atoms with E-state index in [-0.39, 0.29) is 0 Å². The molecule has 0 spiro atoms. The Morgan fingerprint density at radius 1 is 0.879 bits per heavy atom. The molecule has 2 aromatic carbocycles. The highest BCUT2D eigenvalue weighted by Gasteiger charge is 2.11. The highest BCUT2D eigenvalue weighted by atomic mass is 16.5. The van der Waals surface area contributed by atoms with Crippen LogP contribution in [0.15, 0.2) is 95.7 Å². The van der Waals surface area contributed by atoms with Crippen LogP contribution in [-0.2, 0) is 13.0 Å². The second-order valence-electron chi connectivity index (χ2n) is 7.76. The number of aryl methyl sites for hydroxylation is 1. The summed E-state index contributed by atoms with van der Waals surface area (Å²) < 4.78 is 13.6. The summed E-state index contributed by atoms with van der Waals surface area (Å²) in [5.41, 5.74) is 5.00. The van der Waals surface area contributed by atoms with Crippen LogP contribution in [-0.4, -0.2) is 26.4 Å². The lowest BCUT2D eigenvalue weighted by Crippen LogP contribution is -2.05. The number of oxazole rings is 1. The van der Waals surface area contributed by atoms with Gasteiger partial charge in [0.15, 0.2) is 0 Å². The first-order valence-corrected chi connectivity index (χ1v) is 10.9. The lowest BCUT2D eigenvalue weighted by atomic mass is 10.2. The minimum absolute atomic E-state index is 0.480. The summed E-state index contributed by atoms with van der Waals surface area (Å²) in [5.74, 6) is 2.04. The van der Waals surface area contributed by atoms with E-state index in [1.54, 1.807) is 0 Å². The van der Waals surface area contributed by atoms with Crippen LogP contribution >= 0.6 is 0 Å². The third kappa shape index (κ3) is 5.01. The zero-order valence-electron chi connectivity index (χ0n) is 18.4. The first-order chi connectivity index (χ1) is 16.2. The van der Waals surface area contributed by atoms with Gasteiger partial charge in [-0.05, 0) is 30.7 Å². The zero-order valence-corrected chi connectivity index (χ0v) is 18.4. The Kier molecular flexibility index (Phi) is 5.97. The van der Waals surface area contributed by atoms with Gasteiger partial charge in [0.2, 0.25) is 11.8 Å². The number of hydrogen-bond donors (Lipinski definition) is 0. The highest BCUT2D eigenvalue weighted by molar-refractivity contribution is 5.58. The molecule has 33 heavy (non-hydrogen) atoms. The molecule has 0 atom stereocenters. The predicted octanol–water partition coefficient (Wildman–Crippen LogP) is 5.58. The molecule has 6 nitrogen and oxygen atoms in total. The molecule has 0 aliphatic heterocycles. The number of pyridine rings is 1. The van der Waals surface area contributed by atoms with Crippen LogP contribution in [0.1, 0.15) is 17.0 Å². The maximum absolute atomic E-state index is 5.83. The van der Waals surface area contributed by atoms with Crippen LogP contribution < -0.4 is 4.74 Å². The number of ether oxygens (including phenoxy) is 1. The van der Waals surface area contributed by atoms with Crippen molar-refractivity contribution in [3.05, 3.63) is 108 Å². The zero-order chi connectivity index (χ0) is 22.5. The van der Waals surface area contributed by atoms with Crippen molar-refractivity contribution in [3.63, 3.8) is 0 Å². The Balaban J connectivity index is 1.15. The Labute approximate surface area is 192 Å².